The van der Waals surface area contributed by atoms with Gasteiger partial charge in [0.25, 0.3) is 0 Å². The van der Waals surface area contributed by atoms with Crippen LogP contribution in [0.15, 0.2) is 30.3 Å². The molecule has 6 N–H and O–H groups in total. The van der Waals surface area contributed by atoms with E-state index in [9.17, 15) is 19.6 Å². The molecule has 0 aliphatic heterocycles. The highest BCUT2D eigenvalue weighted by Crippen LogP contribution is 2.14. The minimum atomic E-state index is -1.55. The lowest BCUT2D eigenvalue weighted by Gasteiger charge is -2.17. The smallest absolute Gasteiger partial charge is 0.427 e. The van der Waals surface area contributed by atoms with Crippen LogP contribution in [0.5, 0.6) is 0 Å². The molecule has 2 atom stereocenters. The Morgan fingerprint density at radius 3 is 2.36 bits per heavy atom. The second kappa shape index (κ2) is 10.9. The number of nitrogens with one attached hydrogen (secondary N) is 2. The van der Waals surface area contributed by atoms with Crippen molar-refractivity contribution in [1.29, 1.82) is 0 Å². The van der Waals surface area contributed by atoms with E-state index in [1.807, 2.05) is 44.2 Å². The van der Waals surface area contributed by atoms with Crippen LogP contribution in [0.1, 0.15) is 25.8 Å². The molecule has 138 valence electrons. The van der Waals surface area contributed by atoms with Crippen LogP contribution in [0, 0.1) is 5.92 Å². The first-order valence-electron chi connectivity index (χ1n) is 8.49. The molecule has 1 aromatic carbocycles. The summed E-state index contributed by atoms with van der Waals surface area (Å²) in [5.74, 6) is -1.01. The molecule has 0 unspecified atom stereocenters. The largest absolute Gasteiger partial charge is 0.456 e. The van der Waals surface area contributed by atoms with Gasteiger partial charge in [-0.1, -0.05) is 44.2 Å². The molecule has 7 nitrogen and oxygen atoms in total. The van der Waals surface area contributed by atoms with Gasteiger partial charge in [-0.2, -0.15) is 0 Å². The maximum atomic E-state index is 11.8. The third-order valence-corrected chi connectivity index (χ3v) is 3.81. The summed E-state index contributed by atoms with van der Waals surface area (Å²) in [7, 11) is -1.55. The highest BCUT2D eigenvalue weighted by Gasteiger charge is 2.24. The van der Waals surface area contributed by atoms with Crippen molar-refractivity contribution in [3.63, 3.8) is 0 Å². The molecule has 0 heterocycles. The molecular weight excluding hydrogens is 321 g/mol. The molecule has 0 aliphatic rings. The fourth-order valence-corrected chi connectivity index (χ4v) is 2.42. The summed E-state index contributed by atoms with van der Waals surface area (Å²) in [6.07, 6.45) is 0.966. The molecular formula is C17H28BN3O4. The summed E-state index contributed by atoms with van der Waals surface area (Å²) in [5, 5.41) is 24.1. The van der Waals surface area contributed by atoms with Crippen LogP contribution < -0.4 is 16.4 Å². The maximum absolute atomic E-state index is 11.8. The second-order valence-corrected chi connectivity index (χ2v) is 6.62. The topological polar surface area (TPSA) is 125 Å². The highest BCUT2D eigenvalue weighted by atomic mass is 16.4. The van der Waals surface area contributed by atoms with Gasteiger partial charge >= 0.3 is 7.12 Å². The Morgan fingerprint density at radius 2 is 1.80 bits per heavy atom. The molecule has 0 aliphatic carbocycles. The summed E-state index contributed by atoms with van der Waals surface area (Å²) in [6.45, 7) is 3.84. The molecule has 0 bridgehead atoms. The predicted molar refractivity (Wildman–Crippen MR) is 97.5 cm³/mol. The SMILES string of the molecule is CC(C)C[C@@H](N)C(=O)NCC(=O)NC[C@H](Cc1ccccc1)B(O)O. The zero-order valence-corrected chi connectivity index (χ0v) is 14.8. The van der Waals surface area contributed by atoms with Crippen molar-refractivity contribution in [2.75, 3.05) is 13.1 Å². The molecule has 0 saturated heterocycles. The Balaban J connectivity index is 2.38. The summed E-state index contributed by atoms with van der Waals surface area (Å²) >= 11 is 0. The van der Waals surface area contributed by atoms with Crippen molar-refractivity contribution >= 4 is 18.9 Å². The van der Waals surface area contributed by atoms with Gasteiger partial charge in [0.1, 0.15) is 0 Å². The van der Waals surface area contributed by atoms with Crippen molar-refractivity contribution in [2.45, 2.75) is 38.5 Å². The van der Waals surface area contributed by atoms with Gasteiger partial charge in [-0.05, 0) is 24.3 Å². The van der Waals surface area contributed by atoms with Gasteiger partial charge in [0.15, 0.2) is 0 Å². The molecule has 1 rings (SSSR count). The highest BCUT2D eigenvalue weighted by molar-refractivity contribution is 6.43. The predicted octanol–water partition coefficient (Wildman–Crippen LogP) is -0.322. The molecule has 0 aromatic heterocycles. The molecule has 0 spiro atoms. The minimum absolute atomic E-state index is 0.0965. The zero-order chi connectivity index (χ0) is 18.8. The van der Waals surface area contributed by atoms with Crippen molar-refractivity contribution < 1.29 is 19.6 Å². The number of nitrogens with two attached hydrogens (primary N) is 1. The molecule has 1 aromatic rings. The zero-order valence-electron chi connectivity index (χ0n) is 14.8. The van der Waals surface area contributed by atoms with E-state index in [1.54, 1.807) is 0 Å². The Labute approximate surface area is 149 Å². The molecule has 25 heavy (non-hydrogen) atoms. The number of carbonyl (C=O) groups is 2. The van der Waals surface area contributed by atoms with Gasteiger partial charge in [-0.25, -0.2) is 0 Å². The van der Waals surface area contributed by atoms with Crippen molar-refractivity contribution in [3.05, 3.63) is 35.9 Å². The Morgan fingerprint density at radius 1 is 1.16 bits per heavy atom. The number of hydrogen-bond acceptors (Lipinski definition) is 5. The van der Waals surface area contributed by atoms with Gasteiger partial charge in [0.05, 0.1) is 12.6 Å². The molecule has 0 saturated carbocycles. The van der Waals surface area contributed by atoms with Gasteiger partial charge in [-0.15, -0.1) is 0 Å². The van der Waals surface area contributed by atoms with Gasteiger partial charge in [0, 0.05) is 12.4 Å². The number of hydrogen-bond donors (Lipinski definition) is 5. The third kappa shape index (κ3) is 8.67. The van der Waals surface area contributed by atoms with Gasteiger partial charge in [-0.3, -0.25) is 9.59 Å². The Hall–Kier alpha value is -1.90. The Bertz CT molecular complexity index is 540. The quantitative estimate of drug-likeness (QED) is 0.370. The fourth-order valence-electron chi connectivity index (χ4n) is 2.42. The van der Waals surface area contributed by atoms with Crippen LogP contribution in [0.2, 0.25) is 5.82 Å². The van der Waals surface area contributed by atoms with Crippen LogP contribution in [-0.4, -0.2) is 48.1 Å². The first kappa shape index (κ1) is 21.1. The van der Waals surface area contributed by atoms with Crippen LogP contribution in [0.25, 0.3) is 0 Å². The average Bonchev–Trinajstić information content (AvgIpc) is 2.56. The molecule has 0 radical (unpaired) electrons. The van der Waals surface area contributed by atoms with E-state index in [1.165, 1.54) is 0 Å². The lowest BCUT2D eigenvalue weighted by Crippen LogP contribution is -2.46. The van der Waals surface area contributed by atoms with Crippen molar-refractivity contribution in [1.82, 2.24) is 10.6 Å². The lowest BCUT2D eigenvalue weighted by molar-refractivity contribution is -0.127. The summed E-state index contributed by atoms with van der Waals surface area (Å²) in [5.41, 5.74) is 6.69. The summed E-state index contributed by atoms with van der Waals surface area (Å²) in [6, 6.07) is 8.73. The number of amides is 2. The van der Waals surface area contributed by atoms with E-state index in [2.05, 4.69) is 10.6 Å². The fraction of sp³-hybridized carbons (Fsp3) is 0.529. The molecule has 2 amide bonds. The number of rotatable bonds is 10. The molecule has 8 heteroatoms. The summed E-state index contributed by atoms with van der Waals surface area (Å²) in [4.78, 5) is 23.6. The van der Waals surface area contributed by atoms with Crippen LogP contribution in [0.3, 0.4) is 0 Å². The van der Waals surface area contributed by atoms with Crippen LogP contribution >= 0.6 is 0 Å². The monoisotopic (exact) mass is 349 g/mol. The van der Waals surface area contributed by atoms with E-state index >= 15 is 0 Å². The van der Waals surface area contributed by atoms with E-state index in [0.29, 0.717) is 18.8 Å². The normalized spacial score (nSPS) is 13.2. The van der Waals surface area contributed by atoms with Crippen LogP contribution in [0.4, 0.5) is 0 Å². The van der Waals surface area contributed by atoms with Gasteiger partial charge in [0.2, 0.25) is 11.8 Å². The first-order valence-corrected chi connectivity index (χ1v) is 8.49. The standard InChI is InChI=1S/C17H28BN3O4/c1-12(2)8-15(19)17(23)21-11-16(22)20-10-14(18(24)25)9-13-6-4-3-5-7-13/h3-7,12,14-15,24-25H,8-11,19H2,1-2H3,(H,20,22)(H,21,23)/t14-,15+/m0/s1. The van der Waals surface area contributed by atoms with Crippen LogP contribution in [-0.2, 0) is 16.0 Å². The van der Waals surface area contributed by atoms with E-state index in [0.717, 1.165) is 5.56 Å². The van der Waals surface area contributed by atoms with Gasteiger partial charge < -0.3 is 26.4 Å². The number of benzene rings is 1. The second-order valence-electron chi connectivity index (χ2n) is 6.62. The summed E-state index contributed by atoms with van der Waals surface area (Å²) < 4.78 is 0. The van der Waals surface area contributed by atoms with Crippen molar-refractivity contribution in [3.8, 4) is 0 Å². The average molecular weight is 349 g/mol. The minimum Gasteiger partial charge on any atom is -0.427 e. The third-order valence-electron chi connectivity index (χ3n) is 3.81. The number of carbonyl (C=O) groups excluding carboxylic acids is 2. The molecule has 0 fully saturated rings. The van der Waals surface area contributed by atoms with E-state index in [4.69, 9.17) is 5.73 Å². The Kier molecular flexibility index (Phi) is 9.19. The van der Waals surface area contributed by atoms with Crippen molar-refractivity contribution in [2.24, 2.45) is 11.7 Å². The lowest BCUT2D eigenvalue weighted by atomic mass is 9.69. The maximum Gasteiger partial charge on any atom is 0.456 e. The van der Waals surface area contributed by atoms with E-state index in [-0.39, 0.29) is 19.0 Å². The van der Waals surface area contributed by atoms with E-state index < -0.39 is 24.9 Å². The first-order chi connectivity index (χ1) is 11.8.